The predicted octanol–water partition coefficient (Wildman–Crippen LogP) is 2.16. The monoisotopic (exact) mass is 321 g/mol. The van der Waals surface area contributed by atoms with E-state index in [9.17, 15) is 19.7 Å². The molecule has 2 amide bonds. The summed E-state index contributed by atoms with van der Waals surface area (Å²) < 4.78 is 0. The molecule has 1 fully saturated rings. The molecular formula is C15H19N3O5. The van der Waals surface area contributed by atoms with Crippen LogP contribution in [0.15, 0.2) is 24.3 Å². The molecule has 23 heavy (non-hydrogen) atoms. The van der Waals surface area contributed by atoms with Gasteiger partial charge in [-0.05, 0) is 19.8 Å². The van der Waals surface area contributed by atoms with Crippen molar-refractivity contribution < 1.29 is 19.6 Å². The molecule has 0 bridgehead atoms. The second-order valence-electron chi connectivity index (χ2n) is 5.61. The smallest absolute Gasteiger partial charge is 0.317 e. The van der Waals surface area contributed by atoms with Gasteiger partial charge in [-0.15, -0.1) is 0 Å². The van der Waals surface area contributed by atoms with E-state index in [1.54, 1.807) is 25.1 Å². The molecule has 8 nitrogen and oxygen atoms in total. The van der Waals surface area contributed by atoms with Crippen LogP contribution in [0.1, 0.15) is 31.4 Å². The summed E-state index contributed by atoms with van der Waals surface area (Å²) in [6.45, 7) is 2.31. The van der Waals surface area contributed by atoms with Crippen molar-refractivity contribution in [1.29, 1.82) is 0 Å². The van der Waals surface area contributed by atoms with E-state index < -0.39 is 28.9 Å². The number of carbonyl (C=O) groups is 2. The quantitative estimate of drug-likeness (QED) is 0.652. The van der Waals surface area contributed by atoms with Crippen LogP contribution in [0.2, 0.25) is 0 Å². The van der Waals surface area contributed by atoms with E-state index in [4.69, 9.17) is 5.11 Å². The lowest BCUT2D eigenvalue weighted by molar-refractivity contribution is -0.385. The Balaban J connectivity index is 2.05. The Kier molecular flexibility index (Phi) is 5.15. The number of nitro groups is 1. The second-order valence-corrected chi connectivity index (χ2v) is 5.61. The molecule has 0 radical (unpaired) electrons. The molecule has 2 rings (SSSR count). The van der Waals surface area contributed by atoms with Crippen LogP contribution in [0.5, 0.6) is 0 Å². The molecule has 0 aliphatic carbocycles. The third-order valence-electron chi connectivity index (χ3n) is 4.00. The molecule has 0 spiro atoms. The molecule has 1 aromatic carbocycles. The highest BCUT2D eigenvalue weighted by molar-refractivity contribution is 5.77. The molecule has 1 saturated heterocycles. The zero-order valence-corrected chi connectivity index (χ0v) is 12.8. The third-order valence-corrected chi connectivity index (χ3v) is 4.00. The summed E-state index contributed by atoms with van der Waals surface area (Å²) in [6, 6.07) is 5.28. The first-order valence-electron chi connectivity index (χ1n) is 7.41. The minimum absolute atomic E-state index is 0.0534. The molecule has 0 aromatic heterocycles. The van der Waals surface area contributed by atoms with Gasteiger partial charge in [0.2, 0.25) is 0 Å². The molecule has 1 heterocycles. The number of urea groups is 1. The SMILES string of the molecule is CC(NC(=O)N1CCCC(C(=O)O)C1)c1ccccc1[N+](=O)[O-]. The molecule has 2 N–H and O–H groups in total. The summed E-state index contributed by atoms with van der Waals surface area (Å²) >= 11 is 0. The number of nitro benzene ring substituents is 1. The molecule has 2 unspecified atom stereocenters. The molecular weight excluding hydrogens is 302 g/mol. The maximum Gasteiger partial charge on any atom is 0.317 e. The fraction of sp³-hybridized carbons (Fsp3) is 0.467. The molecule has 2 atom stereocenters. The van der Waals surface area contributed by atoms with E-state index in [2.05, 4.69) is 5.32 Å². The Morgan fingerprint density at radius 1 is 1.43 bits per heavy atom. The zero-order valence-electron chi connectivity index (χ0n) is 12.8. The van der Waals surface area contributed by atoms with Crippen molar-refractivity contribution >= 4 is 17.7 Å². The van der Waals surface area contributed by atoms with Crippen molar-refractivity contribution in [2.24, 2.45) is 5.92 Å². The lowest BCUT2D eigenvalue weighted by Gasteiger charge is -2.31. The summed E-state index contributed by atoms with van der Waals surface area (Å²) in [7, 11) is 0. The number of carboxylic acid groups (broad SMARTS) is 1. The first kappa shape index (κ1) is 16.7. The van der Waals surface area contributed by atoms with Gasteiger partial charge in [-0.25, -0.2) is 4.79 Å². The number of hydrogen-bond donors (Lipinski definition) is 2. The normalized spacial score (nSPS) is 19.0. The van der Waals surface area contributed by atoms with Crippen molar-refractivity contribution in [3.05, 3.63) is 39.9 Å². The Bertz CT molecular complexity index is 619. The maximum atomic E-state index is 12.3. The van der Waals surface area contributed by atoms with Crippen LogP contribution in [-0.4, -0.2) is 40.0 Å². The van der Waals surface area contributed by atoms with Crippen molar-refractivity contribution in [3.8, 4) is 0 Å². The first-order valence-corrected chi connectivity index (χ1v) is 7.41. The van der Waals surface area contributed by atoms with Gasteiger partial charge in [0, 0.05) is 19.2 Å². The van der Waals surface area contributed by atoms with Gasteiger partial charge in [0.1, 0.15) is 0 Å². The van der Waals surface area contributed by atoms with Crippen molar-refractivity contribution in [3.63, 3.8) is 0 Å². The van der Waals surface area contributed by atoms with Gasteiger partial charge >= 0.3 is 12.0 Å². The first-order chi connectivity index (χ1) is 10.9. The molecule has 8 heteroatoms. The van der Waals surface area contributed by atoms with E-state index >= 15 is 0 Å². The second kappa shape index (κ2) is 7.08. The number of hydrogen-bond acceptors (Lipinski definition) is 4. The van der Waals surface area contributed by atoms with E-state index in [1.165, 1.54) is 11.0 Å². The van der Waals surface area contributed by atoms with Crippen molar-refractivity contribution in [1.82, 2.24) is 10.2 Å². The van der Waals surface area contributed by atoms with Crippen LogP contribution in [0, 0.1) is 16.0 Å². The highest BCUT2D eigenvalue weighted by atomic mass is 16.6. The third kappa shape index (κ3) is 3.97. The molecule has 1 aliphatic heterocycles. The lowest BCUT2D eigenvalue weighted by atomic mass is 9.98. The average Bonchev–Trinajstić information content (AvgIpc) is 2.54. The van der Waals surface area contributed by atoms with E-state index in [-0.39, 0.29) is 12.2 Å². The minimum atomic E-state index is -0.908. The van der Waals surface area contributed by atoms with Crippen LogP contribution < -0.4 is 5.32 Å². The number of carboxylic acids is 1. The Hall–Kier alpha value is -2.64. The number of benzene rings is 1. The largest absolute Gasteiger partial charge is 0.481 e. The highest BCUT2D eigenvalue weighted by Crippen LogP contribution is 2.25. The molecule has 1 aromatic rings. The fourth-order valence-electron chi connectivity index (χ4n) is 2.74. The maximum absolute atomic E-state index is 12.3. The molecule has 124 valence electrons. The predicted molar refractivity (Wildman–Crippen MR) is 82.0 cm³/mol. The topological polar surface area (TPSA) is 113 Å². The number of para-hydroxylation sites is 1. The number of likely N-dealkylation sites (tertiary alicyclic amines) is 1. The lowest BCUT2D eigenvalue weighted by Crippen LogP contribution is -2.47. The molecule has 0 saturated carbocycles. The molecule has 1 aliphatic rings. The summed E-state index contributed by atoms with van der Waals surface area (Å²) in [5, 5.41) is 22.8. The minimum Gasteiger partial charge on any atom is -0.481 e. The van der Waals surface area contributed by atoms with Crippen LogP contribution in [0.25, 0.3) is 0 Å². The van der Waals surface area contributed by atoms with Gasteiger partial charge in [-0.3, -0.25) is 14.9 Å². The standard InChI is InChI=1S/C15H19N3O5/c1-10(12-6-2-3-7-13(12)18(22)23)16-15(21)17-8-4-5-11(9-17)14(19)20/h2-3,6-7,10-11H,4-5,8-9H2,1H3,(H,16,21)(H,19,20). The number of piperidine rings is 1. The van der Waals surface area contributed by atoms with Crippen LogP contribution in [0.3, 0.4) is 0 Å². The Morgan fingerprint density at radius 2 is 2.13 bits per heavy atom. The average molecular weight is 321 g/mol. The van der Waals surface area contributed by atoms with Crippen LogP contribution in [-0.2, 0) is 4.79 Å². The number of nitrogens with one attached hydrogen (secondary N) is 1. The van der Waals surface area contributed by atoms with Crippen molar-refractivity contribution in [2.75, 3.05) is 13.1 Å². The van der Waals surface area contributed by atoms with Crippen molar-refractivity contribution in [2.45, 2.75) is 25.8 Å². The number of aliphatic carboxylic acids is 1. The van der Waals surface area contributed by atoms with Gasteiger partial charge in [0.15, 0.2) is 0 Å². The zero-order chi connectivity index (χ0) is 17.0. The number of nitrogens with zero attached hydrogens (tertiary/aromatic N) is 2. The van der Waals surface area contributed by atoms with E-state index in [1.807, 2.05) is 0 Å². The number of carbonyl (C=O) groups excluding carboxylic acids is 1. The fourth-order valence-corrected chi connectivity index (χ4v) is 2.74. The number of rotatable bonds is 4. The summed E-state index contributed by atoms with van der Waals surface area (Å²) in [5.41, 5.74) is 0.361. The highest BCUT2D eigenvalue weighted by Gasteiger charge is 2.29. The van der Waals surface area contributed by atoms with Gasteiger partial charge in [-0.2, -0.15) is 0 Å². The van der Waals surface area contributed by atoms with Gasteiger partial charge in [-0.1, -0.05) is 18.2 Å². The van der Waals surface area contributed by atoms with E-state index in [0.717, 1.165) is 0 Å². The van der Waals surface area contributed by atoms with Gasteiger partial charge < -0.3 is 15.3 Å². The van der Waals surface area contributed by atoms with Gasteiger partial charge in [0.05, 0.1) is 22.4 Å². The Morgan fingerprint density at radius 3 is 2.78 bits per heavy atom. The van der Waals surface area contributed by atoms with E-state index in [0.29, 0.717) is 24.9 Å². The van der Waals surface area contributed by atoms with Crippen LogP contribution >= 0.6 is 0 Å². The number of amides is 2. The van der Waals surface area contributed by atoms with Gasteiger partial charge in [0.25, 0.3) is 5.69 Å². The van der Waals surface area contributed by atoms with Crippen LogP contribution in [0.4, 0.5) is 10.5 Å². The summed E-state index contributed by atoms with van der Waals surface area (Å²) in [5.74, 6) is -1.47. The summed E-state index contributed by atoms with van der Waals surface area (Å²) in [6.07, 6.45) is 1.18. The Labute approximate surface area is 133 Å². The summed E-state index contributed by atoms with van der Waals surface area (Å²) in [4.78, 5) is 35.3.